The molecule has 0 heterocycles. The maximum atomic E-state index is 13.8. The Labute approximate surface area is 126 Å². The lowest BCUT2D eigenvalue weighted by molar-refractivity contribution is 0.544. The molecule has 20 heavy (non-hydrogen) atoms. The van der Waals surface area contributed by atoms with Gasteiger partial charge in [0.2, 0.25) is 0 Å². The fraction of sp³-hybridized carbons (Fsp3) is 0.250. The van der Waals surface area contributed by atoms with E-state index in [-0.39, 0.29) is 5.56 Å². The fourth-order valence-electron chi connectivity index (χ4n) is 2.31. The van der Waals surface area contributed by atoms with Crippen LogP contribution in [0.15, 0.2) is 34.8 Å². The summed E-state index contributed by atoms with van der Waals surface area (Å²) in [6.45, 7) is 5.71. The van der Waals surface area contributed by atoms with E-state index in [4.69, 9.17) is 0 Å². The topological polar surface area (TPSA) is 12.0 Å². The second kappa shape index (κ2) is 5.92. The molecule has 0 saturated heterocycles. The zero-order valence-corrected chi connectivity index (χ0v) is 13.2. The summed E-state index contributed by atoms with van der Waals surface area (Å²) < 4.78 is 28.4. The van der Waals surface area contributed by atoms with Gasteiger partial charge in [0.1, 0.15) is 11.6 Å². The molecule has 0 bridgehead atoms. The van der Waals surface area contributed by atoms with E-state index in [1.165, 1.54) is 18.2 Å². The van der Waals surface area contributed by atoms with Gasteiger partial charge in [0.15, 0.2) is 0 Å². The zero-order valence-electron chi connectivity index (χ0n) is 11.6. The van der Waals surface area contributed by atoms with Gasteiger partial charge in [0.25, 0.3) is 0 Å². The molecular formula is C16H16BrF2N. The van der Waals surface area contributed by atoms with E-state index >= 15 is 0 Å². The van der Waals surface area contributed by atoms with Gasteiger partial charge in [-0.05, 0) is 66.0 Å². The average molecular weight is 340 g/mol. The molecule has 4 heteroatoms. The van der Waals surface area contributed by atoms with Gasteiger partial charge in [-0.1, -0.05) is 12.1 Å². The molecule has 0 aliphatic carbocycles. The van der Waals surface area contributed by atoms with Crippen molar-refractivity contribution in [1.29, 1.82) is 0 Å². The molecule has 0 amide bonds. The van der Waals surface area contributed by atoms with Gasteiger partial charge in [-0.3, -0.25) is 0 Å². The number of aryl methyl sites for hydroxylation is 2. The Kier molecular flexibility index (Phi) is 4.43. The summed E-state index contributed by atoms with van der Waals surface area (Å²) in [4.78, 5) is 0. The van der Waals surface area contributed by atoms with Crippen LogP contribution in [0.4, 0.5) is 14.5 Å². The van der Waals surface area contributed by atoms with Crippen LogP contribution in [0.25, 0.3) is 0 Å². The number of anilines is 1. The summed E-state index contributed by atoms with van der Waals surface area (Å²) >= 11 is 3.49. The monoisotopic (exact) mass is 339 g/mol. The van der Waals surface area contributed by atoms with E-state index < -0.39 is 17.7 Å². The van der Waals surface area contributed by atoms with Crippen molar-refractivity contribution in [3.8, 4) is 0 Å². The minimum atomic E-state index is -0.536. The number of rotatable bonds is 3. The molecular weight excluding hydrogens is 324 g/mol. The summed E-state index contributed by atoms with van der Waals surface area (Å²) in [6.07, 6.45) is 0. The minimum Gasteiger partial charge on any atom is -0.377 e. The van der Waals surface area contributed by atoms with Gasteiger partial charge in [-0.2, -0.15) is 0 Å². The Balaban J connectivity index is 2.35. The first-order chi connectivity index (χ1) is 9.40. The third kappa shape index (κ3) is 3.01. The van der Waals surface area contributed by atoms with Crippen molar-refractivity contribution in [3.63, 3.8) is 0 Å². The predicted molar refractivity (Wildman–Crippen MR) is 82.0 cm³/mol. The van der Waals surface area contributed by atoms with Gasteiger partial charge >= 0.3 is 0 Å². The Morgan fingerprint density at radius 3 is 2.25 bits per heavy atom. The van der Waals surface area contributed by atoms with Crippen LogP contribution >= 0.6 is 15.9 Å². The van der Waals surface area contributed by atoms with Crippen LogP contribution in [-0.2, 0) is 0 Å². The maximum absolute atomic E-state index is 13.8. The molecule has 1 nitrogen and oxygen atoms in total. The molecule has 0 spiro atoms. The zero-order chi connectivity index (χ0) is 14.9. The molecule has 2 aromatic carbocycles. The lowest BCUT2D eigenvalue weighted by Crippen LogP contribution is -2.12. The second-order valence-electron chi connectivity index (χ2n) is 4.94. The highest BCUT2D eigenvalue weighted by Crippen LogP contribution is 2.32. The molecule has 106 valence electrons. The van der Waals surface area contributed by atoms with Gasteiger partial charge < -0.3 is 5.32 Å². The van der Waals surface area contributed by atoms with Crippen LogP contribution in [0, 0.1) is 25.5 Å². The van der Waals surface area contributed by atoms with E-state index in [2.05, 4.69) is 21.2 Å². The van der Waals surface area contributed by atoms with Crippen LogP contribution in [0.2, 0.25) is 0 Å². The lowest BCUT2D eigenvalue weighted by Gasteiger charge is -2.20. The number of halogens is 3. The molecule has 0 radical (unpaired) electrons. The predicted octanol–water partition coefficient (Wildman–Crippen LogP) is 5.52. The fourth-order valence-corrected chi connectivity index (χ4v) is 3.10. The average Bonchev–Trinajstić information content (AvgIpc) is 2.33. The summed E-state index contributed by atoms with van der Waals surface area (Å²) in [6, 6.07) is 7.45. The smallest absolute Gasteiger partial charge is 0.131 e. The lowest BCUT2D eigenvalue weighted by atomic mass is 10.0. The third-order valence-corrected chi connectivity index (χ3v) is 3.85. The van der Waals surface area contributed by atoms with Crippen molar-refractivity contribution in [2.24, 2.45) is 0 Å². The molecule has 0 aromatic heterocycles. The largest absolute Gasteiger partial charge is 0.377 e. The standard InChI is InChI=1S/C16H16BrF2N/c1-9-7-10(2)16(12(17)8-9)20-11(3)15-13(18)5-4-6-14(15)19/h4-8,11,20H,1-3H3. The first-order valence-electron chi connectivity index (χ1n) is 6.37. The highest BCUT2D eigenvalue weighted by molar-refractivity contribution is 9.10. The molecule has 2 aromatic rings. The molecule has 1 unspecified atom stereocenters. The Bertz CT molecular complexity index is 597. The quantitative estimate of drug-likeness (QED) is 0.776. The molecule has 1 N–H and O–H groups in total. The van der Waals surface area contributed by atoms with Crippen molar-refractivity contribution in [1.82, 2.24) is 0 Å². The highest BCUT2D eigenvalue weighted by atomic mass is 79.9. The SMILES string of the molecule is Cc1cc(C)c(NC(C)c2c(F)cccc2F)c(Br)c1. The van der Waals surface area contributed by atoms with Crippen molar-refractivity contribution in [3.05, 3.63) is 63.1 Å². The normalized spacial score (nSPS) is 12.3. The first kappa shape index (κ1) is 15.0. The van der Waals surface area contributed by atoms with Crippen molar-refractivity contribution >= 4 is 21.6 Å². The third-order valence-electron chi connectivity index (χ3n) is 3.23. The van der Waals surface area contributed by atoms with Crippen LogP contribution in [-0.4, -0.2) is 0 Å². The van der Waals surface area contributed by atoms with Gasteiger partial charge in [-0.25, -0.2) is 8.78 Å². The molecule has 1 atom stereocenters. The number of hydrogen-bond donors (Lipinski definition) is 1. The van der Waals surface area contributed by atoms with E-state index in [0.29, 0.717) is 0 Å². The number of nitrogens with one attached hydrogen (secondary N) is 1. The second-order valence-corrected chi connectivity index (χ2v) is 5.79. The van der Waals surface area contributed by atoms with Crippen LogP contribution in [0.3, 0.4) is 0 Å². The van der Waals surface area contributed by atoms with Crippen LogP contribution in [0.5, 0.6) is 0 Å². The minimum absolute atomic E-state index is 0.0550. The molecule has 0 saturated carbocycles. The van der Waals surface area contributed by atoms with Crippen molar-refractivity contribution in [2.75, 3.05) is 5.32 Å². The molecule has 0 aliphatic rings. The van der Waals surface area contributed by atoms with Crippen molar-refractivity contribution in [2.45, 2.75) is 26.8 Å². The Morgan fingerprint density at radius 1 is 1.10 bits per heavy atom. The highest BCUT2D eigenvalue weighted by Gasteiger charge is 2.17. The van der Waals surface area contributed by atoms with Crippen LogP contribution < -0.4 is 5.32 Å². The Morgan fingerprint density at radius 2 is 1.70 bits per heavy atom. The summed E-state index contributed by atoms with van der Waals surface area (Å²) in [5, 5.41) is 3.18. The van der Waals surface area contributed by atoms with Crippen molar-refractivity contribution < 1.29 is 8.78 Å². The Hall–Kier alpha value is -1.42. The summed E-state index contributed by atoms with van der Waals surface area (Å²) in [5.41, 5.74) is 3.07. The summed E-state index contributed by atoms with van der Waals surface area (Å²) in [5.74, 6) is -1.07. The molecule has 0 aliphatic heterocycles. The summed E-state index contributed by atoms with van der Waals surface area (Å²) in [7, 11) is 0. The van der Waals surface area contributed by atoms with Gasteiger partial charge in [0.05, 0.1) is 11.7 Å². The van der Waals surface area contributed by atoms with Crippen LogP contribution in [0.1, 0.15) is 29.7 Å². The number of hydrogen-bond acceptors (Lipinski definition) is 1. The van der Waals surface area contributed by atoms with E-state index in [1.807, 2.05) is 26.0 Å². The van der Waals surface area contributed by atoms with Gasteiger partial charge in [0, 0.05) is 10.0 Å². The van der Waals surface area contributed by atoms with Gasteiger partial charge in [-0.15, -0.1) is 0 Å². The van der Waals surface area contributed by atoms with E-state index in [1.54, 1.807) is 6.92 Å². The van der Waals surface area contributed by atoms with E-state index in [0.717, 1.165) is 21.3 Å². The number of benzene rings is 2. The maximum Gasteiger partial charge on any atom is 0.131 e. The van der Waals surface area contributed by atoms with E-state index in [9.17, 15) is 8.78 Å². The molecule has 2 rings (SSSR count). The first-order valence-corrected chi connectivity index (χ1v) is 7.16. The molecule has 0 fully saturated rings.